The van der Waals surface area contributed by atoms with E-state index in [1.165, 1.54) is 5.56 Å². The summed E-state index contributed by atoms with van der Waals surface area (Å²) in [5, 5.41) is 5.97. The Bertz CT molecular complexity index is 1010. The minimum Gasteiger partial charge on any atom is -0.482 e. The number of nitrogens with two attached hydrogens (primary N) is 1. The van der Waals surface area contributed by atoms with Gasteiger partial charge in [0.1, 0.15) is 11.6 Å². The van der Waals surface area contributed by atoms with Crippen molar-refractivity contribution in [2.45, 2.75) is 32.6 Å². The van der Waals surface area contributed by atoms with Gasteiger partial charge in [-0.25, -0.2) is 4.79 Å². The summed E-state index contributed by atoms with van der Waals surface area (Å²) in [6.45, 7) is 6.18. The number of nitrogens with zero attached hydrogens (tertiary/aromatic N) is 1. The van der Waals surface area contributed by atoms with Crippen molar-refractivity contribution in [1.82, 2.24) is 0 Å². The van der Waals surface area contributed by atoms with Crippen molar-refractivity contribution in [1.29, 1.82) is 0 Å². The molecule has 0 heterocycles. The van der Waals surface area contributed by atoms with Crippen LogP contribution in [0.1, 0.15) is 31.9 Å². The van der Waals surface area contributed by atoms with E-state index in [0.717, 1.165) is 16.3 Å². The number of oxime groups is 1. The molecule has 150 valence electrons. The number of rotatable bonds is 6. The largest absolute Gasteiger partial charge is 0.482 e. The van der Waals surface area contributed by atoms with Crippen molar-refractivity contribution in [3.63, 3.8) is 0 Å². The SMILES string of the molecule is CC(C)(C)c1ccc(OCC(=O)O/N=C(\N)Cc2cccc3ccccc23)cc1. The molecule has 0 saturated heterocycles. The van der Waals surface area contributed by atoms with Crippen LogP contribution in [0, 0.1) is 0 Å². The molecule has 0 atom stereocenters. The molecule has 2 N–H and O–H groups in total. The zero-order valence-corrected chi connectivity index (χ0v) is 17.0. The smallest absolute Gasteiger partial charge is 0.372 e. The second-order valence-electron chi connectivity index (χ2n) is 7.92. The molecule has 0 amide bonds. The average Bonchev–Trinajstić information content (AvgIpc) is 2.71. The minimum atomic E-state index is -0.606. The normalized spacial score (nSPS) is 12.0. The summed E-state index contributed by atoms with van der Waals surface area (Å²) in [7, 11) is 0. The Morgan fingerprint density at radius 3 is 2.38 bits per heavy atom. The molecule has 0 aliphatic heterocycles. The molecule has 5 nitrogen and oxygen atoms in total. The first-order valence-corrected chi connectivity index (χ1v) is 9.55. The lowest BCUT2D eigenvalue weighted by molar-refractivity contribution is -0.146. The van der Waals surface area contributed by atoms with Gasteiger partial charge in [-0.1, -0.05) is 80.5 Å². The highest BCUT2D eigenvalue weighted by molar-refractivity contribution is 5.91. The van der Waals surface area contributed by atoms with Crippen molar-refractivity contribution < 1.29 is 14.4 Å². The third kappa shape index (κ3) is 5.57. The highest BCUT2D eigenvalue weighted by Gasteiger charge is 2.13. The van der Waals surface area contributed by atoms with Gasteiger partial charge in [0.2, 0.25) is 0 Å². The molecule has 3 aromatic carbocycles. The van der Waals surface area contributed by atoms with Crippen LogP contribution in [0.5, 0.6) is 5.75 Å². The van der Waals surface area contributed by atoms with Crippen molar-refractivity contribution in [2.24, 2.45) is 10.9 Å². The van der Waals surface area contributed by atoms with Crippen molar-refractivity contribution >= 4 is 22.6 Å². The van der Waals surface area contributed by atoms with Crippen LogP contribution in [0.25, 0.3) is 10.8 Å². The van der Waals surface area contributed by atoms with Crippen LogP contribution in [0.15, 0.2) is 71.9 Å². The number of carbonyl (C=O) groups excluding carboxylic acids is 1. The van der Waals surface area contributed by atoms with E-state index >= 15 is 0 Å². The predicted molar refractivity (Wildman–Crippen MR) is 116 cm³/mol. The molecule has 0 bridgehead atoms. The molecule has 3 aromatic rings. The lowest BCUT2D eigenvalue weighted by Gasteiger charge is -2.19. The van der Waals surface area contributed by atoms with Crippen LogP contribution in [0.3, 0.4) is 0 Å². The Morgan fingerprint density at radius 1 is 0.966 bits per heavy atom. The van der Waals surface area contributed by atoms with Crippen LogP contribution >= 0.6 is 0 Å². The van der Waals surface area contributed by atoms with Gasteiger partial charge < -0.3 is 15.3 Å². The van der Waals surface area contributed by atoms with E-state index in [1.807, 2.05) is 66.7 Å². The first-order chi connectivity index (χ1) is 13.8. The summed E-state index contributed by atoms with van der Waals surface area (Å²) < 4.78 is 5.46. The fourth-order valence-electron chi connectivity index (χ4n) is 3.00. The molecule has 0 spiro atoms. The summed E-state index contributed by atoms with van der Waals surface area (Å²) >= 11 is 0. The monoisotopic (exact) mass is 390 g/mol. The van der Waals surface area contributed by atoms with Crippen molar-refractivity contribution in [3.8, 4) is 5.75 Å². The molecule has 0 radical (unpaired) electrons. The fourth-order valence-corrected chi connectivity index (χ4v) is 3.00. The topological polar surface area (TPSA) is 73.9 Å². The Kier molecular flexibility index (Phi) is 6.17. The van der Waals surface area contributed by atoms with Gasteiger partial charge in [0.05, 0.1) is 0 Å². The number of hydrogen-bond donors (Lipinski definition) is 1. The van der Waals surface area contributed by atoms with E-state index in [2.05, 4.69) is 25.9 Å². The molecule has 0 unspecified atom stereocenters. The lowest BCUT2D eigenvalue weighted by Crippen LogP contribution is -2.19. The molecule has 29 heavy (non-hydrogen) atoms. The second kappa shape index (κ2) is 8.78. The van der Waals surface area contributed by atoms with Gasteiger partial charge in [-0.2, -0.15) is 0 Å². The highest BCUT2D eigenvalue weighted by Crippen LogP contribution is 2.24. The molecule has 0 fully saturated rings. The van der Waals surface area contributed by atoms with Crippen LogP contribution in [0.2, 0.25) is 0 Å². The number of fused-ring (bicyclic) bond motifs is 1. The van der Waals surface area contributed by atoms with E-state index in [1.54, 1.807) is 0 Å². The number of carbonyl (C=O) groups is 1. The maximum Gasteiger partial charge on any atom is 0.372 e. The Morgan fingerprint density at radius 2 is 1.66 bits per heavy atom. The summed E-state index contributed by atoms with van der Waals surface area (Å²) in [5.74, 6) is 0.220. The molecule has 0 aliphatic rings. The number of amidine groups is 1. The number of benzene rings is 3. The molecule has 5 heteroatoms. The maximum atomic E-state index is 11.9. The summed E-state index contributed by atoms with van der Waals surface area (Å²) in [5.41, 5.74) is 8.22. The first kappa shape index (κ1) is 20.4. The Labute approximate surface area is 171 Å². The third-order valence-corrected chi connectivity index (χ3v) is 4.59. The Balaban J connectivity index is 1.53. The number of ether oxygens (including phenoxy) is 1. The molecular formula is C24H26N2O3. The standard InChI is InChI=1S/C24H26N2O3/c1-24(2,3)19-11-13-20(14-12-19)28-16-23(27)29-26-22(25)15-18-9-6-8-17-7-4-5-10-21(17)18/h4-14H,15-16H2,1-3H3,(H2,25,26). The summed E-state index contributed by atoms with van der Waals surface area (Å²) in [6.07, 6.45) is 0.393. The van der Waals surface area contributed by atoms with E-state index in [0.29, 0.717) is 12.2 Å². The Hall–Kier alpha value is -3.34. The van der Waals surface area contributed by atoms with Gasteiger partial charge in [0.25, 0.3) is 0 Å². The van der Waals surface area contributed by atoms with Crippen LogP contribution in [0.4, 0.5) is 0 Å². The van der Waals surface area contributed by atoms with Gasteiger partial charge in [-0.3, -0.25) is 0 Å². The second-order valence-corrected chi connectivity index (χ2v) is 7.92. The van der Waals surface area contributed by atoms with E-state index in [9.17, 15) is 4.79 Å². The van der Waals surface area contributed by atoms with Crippen LogP contribution in [-0.2, 0) is 21.5 Å². The van der Waals surface area contributed by atoms with Gasteiger partial charge >= 0.3 is 5.97 Å². The molecule has 0 saturated carbocycles. The molecular weight excluding hydrogens is 364 g/mol. The van der Waals surface area contributed by atoms with Crippen molar-refractivity contribution in [3.05, 3.63) is 77.9 Å². The van der Waals surface area contributed by atoms with Gasteiger partial charge in [0, 0.05) is 6.42 Å². The third-order valence-electron chi connectivity index (χ3n) is 4.59. The van der Waals surface area contributed by atoms with Crippen LogP contribution < -0.4 is 10.5 Å². The van der Waals surface area contributed by atoms with Crippen LogP contribution in [-0.4, -0.2) is 18.4 Å². The van der Waals surface area contributed by atoms with E-state index in [-0.39, 0.29) is 17.9 Å². The van der Waals surface area contributed by atoms with Gasteiger partial charge in [0.15, 0.2) is 6.61 Å². The first-order valence-electron chi connectivity index (χ1n) is 9.55. The zero-order chi connectivity index (χ0) is 20.9. The van der Waals surface area contributed by atoms with Crippen molar-refractivity contribution in [2.75, 3.05) is 6.61 Å². The molecule has 0 aliphatic carbocycles. The predicted octanol–water partition coefficient (Wildman–Crippen LogP) is 4.57. The highest BCUT2D eigenvalue weighted by atomic mass is 16.7. The summed E-state index contributed by atoms with van der Waals surface area (Å²) in [4.78, 5) is 16.8. The van der Waals surface area contributed by atoms with Gasteiger partial charge in [-0.05, 0) is 39.4 Å². The maximum absolute atomic E-state index is 11.9. The molecule has 3 rings (SSSR count). The zero-order valence-electron chi connectivity index (χ0n) is 17.0. The number of hydrogen-bond acceptors (Lipinski definition) is 4. The van der Waals surface area contributed by atoms with E-state index in [4.69, 9.17) is 15.3 Å². The van der Waals surface area contributed by atoms with E-state index < -0.39 is 5.97 Å². The lowest BCUT2D eigenvalue weighted by atomic mass is 9.87. The quantitative estimate of drug-likeness (QED) is 0.289. The fraction of sp³-hybridized carbons (Fsp3) is 0.250. The minimum absolute atomic E-state index is 0.0633. The average molecular weight is 390 g/mol. The molecule has 0 aromatic heterocycles. The summed E-state index contributed by atoms with van der Waals surface area (Å²) in [6, 6.07) is 21.7. The van der Waals surface area contributed by atoms with Gasteiger partial charge in [-0.15, -0.1) is 0 Å².